The molecule has 0 aromatic carbocycles. The molecule has 0 aliphatic carbocycles. The number of hydrogen-bond donors (Lipinski definition) is 1. The Morgan fingerprint density at radius 1 is 1.19 bits per heavy atom. The van der Waals surface area contributed by atoms with Gasteiger partial charge in [0.1, 0.15) is 0 Å². The lowest BCUT2D eigenvalue weighted by molar-refractivity contribution is -0.128. The maximum atomic E-state index is 12.3. The van der Waals surface area contributed by atoms with Crippen molar-refractivity contribution >= 4 is 17.5 Å². The van der Waals surface area contributed by atoms with E-state index in [1.54, 1.807) is 0 Å². The van der Waals surface area contributed by atoms with Gasteiger partial charge in [0, 0.05) is 16.7 Å². The van der Waals surface area contributed by atoms with Gasteiger partial charge < -0.3 is 5.32 Å². The van der Waals surface area contributed by atoms with Crippen molar-refractivity contribution < 1.29 is 4.79 Å². The second-order valence-corrected chi connectivity index (χ2v) is 7.54. The summed E-state index contributed by atoms with van der Waals surface area (Å²) >= 11 is 1.82. The molecule has 2 nitrogen and oxygen atoms in total. The largest absolute Gasteiger partial charge is 0.302 e. The van der Waals surface area contributed by atoms with Gasteiger partial charge >= 0.3 is 0 Å². The van der Waals surface area contributed by atoms with Gasteiger partial charge in [-0.3, -0.25) is 4.79 Å². The van der Waals surface area contributed by atoms with Crippen LogP contribution in [-0.4, -0.2) is 28.9 Å². The van der Waals surface area contributed by atoms with Crippen molar-refractivity contribution in [3.8, 4) is 0 Å². The van der Waals surface area contributed by atoms with E-state index in [4.69, 9.17) is 0 Å². The van der Waals surface area contributed by atoms with Crippen LogP contribution in [0.4, 0.5) is 0 Å². The van der Waals surface area contributed by atoms with Crippen LogP contribution in [0.2, 0.25) is 0 Å². The molecule has 0 aliphatic heterocycles. The van der Waals surface area contributed by atoms with Gasteiger partial charge in [0.25, 0.3) is 0 Å². The molecule has 1 atom stereocenters. The van der Waals surface area contributed by atoms with Crippen molar-refractivity contribution in [2.75, 3.05) is 11.5 Å². The smallest absolute Gasteiger partial charge is 0.155 e. The fourth-order valence-corrected chi connectivity index (χ4v) is 2.17. The summed E-state index contributed by atoms with van der Waals surface area (Å²) < 4.78 is 0. The molecule has 3 heteroatoms. The standard InChI is InChI=1S/C13H27NOS/c1-8-16-9-10(14-13(5,6)7)11(15)12(2,3)4/h10,14H,8-9H2,1-7H3. The van der Waals surface area contributed by atoms with Gasteiger partial charge in [0.15, 0.2) is 5.78 Å². The third kappa shape index (κ3) is 6.54. The molecule has 96 valence electrons. The molecule has 16 heavy (non-hydrogen) atoms. The minimum Gasteiger partial charge on any atom is -0.302 e. The average Bonchev–Trinajstić information content (AvgIpc) is 2.07. The number of hydrogen-bond acceptors (Lipinski definition) is 3. The Hall–Kier alpha value is -0.0200. The van der Waals surface area contributed by atoms with Crippen LogP contribution in [0.5, 0.6) is 0 Å². The number of nitrogens with one attached hydrogen (secondary N) is 1. The van der Waals surface area contributed by atoms with Gasteiger partial charge in [-0.1, -0.05) is 27.7 Å². The van der Waals surface area contributed by atoms with Gasteiger partial charge in [0.2, 0.25) is 0 Å². The number of ketones is 1. The SMILES string of the molecule is CCSCC(NC(C)(C)C)C(=O)C(C)(C)C. The minimum absolute atomic E-state index is 0.0140. The molecule has 0 rings (SSSR count). The third-order valence-electron chi connectivity index (χ3n) is 2.15. The molecular formula is C13H27NOS. The first-order chi connectivity index (χ1) is 7.08. The lowest BCUT2D eigenvalue weighted by Crippen LogP contribution is -2.52. The quantitative estimate of drug-likeness (QED) is 0.807. The molecule has 0 aromatic heterocycles. The number of thioether (sulfide) groups is 1. The van der Waals surface area contributed by atoms with E-state index in [1.807, 2.05) is 32.5 Å². The van der Waals surface area contributed by atoms with Crippen LogP contribution in [0.25, 0.3) is 0 Å². The highest BCUT2D eigenvalue weighted by Gasteiger charge is 2.31. The molecule has 0 spiro atoms. The zero-order valence-electron chi connectivity index (χ0n) is 11.8. The van der Waals surface area contributed by atoms with E-state index in [9.17, 15) is 4.79 Å². The van der Waals surface area contributed by atoms with E-state index in [0.717, 1.165) is 11.5 Å². The molecule has 0 saturated carbocycles. The monoisotopic (exact) mass is 245 g/mol. The Morgan fingerprint density at radius 2 is 1.69 bits per heavy atom. The van der Waals surface area contributed by atoms with Crippen molar-refractivity contribution in [3.05, 3.63) is 0 Å². The van der Waals surface area contributed by atoms with Gasteiger partial charge in [0.05, 0.1) is 6.04 Å². The highest BCUT2D eigenvalue weighted by atomic mass is 32.2. The fourth-order valence-electron chi connectivity index (χ4n) is 1.46. The Balaban J connectivity index is 4.61. The fraction of sp³-hybridized carbons (Fsp3) is 0.923. The predicted octanol–water partition coefficient (Wildman–Crippen LogP) is 3.11. The summed E-state index contributed by atoms with van der Waals surface area (Å²) in [6.45, 7) is 14.4. The van der Waals surface area contributed by atoms with Gasteiger partial charge in [-0.05, 0) is 26.5 Å². The second-order valence-electron chi connectivity index (χ2n) is 6.22. The average molecular weight is 245 g/mol. The summed E-state index contributed by atoms with van der Waals surface area (Å²) in [6.07, 6.45) is 0. The topological polar surface area (TPSA) is 29.1 Å². The molecule has 1 unspecified atom stereocenters. The minimum atomic E-state index is -0.267. The van der Waals surface area contributed by atoms with Crippen molar-refractivity contribution in [1.82, 2.24) is 5.32 Å². The zero-order valence-corrected chi connectivity index (χ0v) is 12.6. The lowest BCUT2D eigenvalue weighted by atomic mass is 9.86. The molecule has 0 saturated heterocycles. The number of carbonyl (C=O) groups is 1. The second kappa shape index (κ2) is 6.06. The van der Waals surface area contributed by atoms with Crippen molar-refractivity contribution in [2.24, 2.45) is 5.41 Å². The summed E-state index contributed by atoms with van der Waals surface area (Å²) in [4.78, 5) is 12.3. The summed E-state index contributed by atoms with van der Waals surface area (Å²) in [5.74, 6) is 2.23. The molecule has 0 radical (unpaired) electrons. The summed E-state index contributed by atoms with van der Waals surface area (Å²) in [5, 5.41) is 3.43. The number of carbonyl (C=O) groups excluding carboxylic acids is 1. The molecular weight excluding hydrogens is 218 g/mol. The molecule has 0 aliphatic rings. The number of Topliss-reactive ketones (excluding diaryl/α,β-unsaturated/α-hetero) is 1. The maximum absolute atomic E-state index is 12.3. The Labute approximate surface area is 105 Å². The molecule has 0 fully saturated rings. The van der Waals surface area contributed by atoms with Crippen molar-refractivity contribution in [2.45, 2.75) is 60.0 Å². The van der Waals surface area contributed by atoms with Crippen LogP contribution in [0.15, 0.2) is 0 Å². The van der Waals surface area contributed by atoms with Crippen molar-refractivity contribution in [3.63, 3.8) is 0 Å². The Bertz CT molecular complexity index is 225. The van der Waals surface area contributed by atoms with Gasteiger partial charge in [-0.25, -0.2) is 0 Å². The van der Waals surface area contributed by atoms with E-state index in [2.05, 4.69) is 33.0 Å². The Kier molecular flexibility index (Phi) is 6.05. The van der Waals surface area contributed by atoms with E-state index >= 15 is 0 Å². The molecule has 0 heterocycles. The van der Waals surface area contributed by atoms with Crippen LogP contribution < -0.4 is 5.32 Å². The van der Waals surface area contributed by atoms with Gasteiger partial charge in [-0.2, -0.15) is 11.8 Å². The van der Waals surface area contributed by atoms with Gasteiger partial charge in [-0.15, -0.1) is 0 Å². The molecule has 0 aromatic rings. The maximum Gasteiger partial charge on any atom is 0.155 e. The van der Waals surface area contributed by atoms with Crippen LogP contribution in [0, 0.1) is 5.41 Å². The first-order valence-electron chi connectivity index (χ1n) is 5.97. The van der Waals surface area contributed by atoms with Crippen LogP contribution in [0.3, 0.4) is 0 Å². The van der Waals surface area contributed by atoms with E-state index in [-0.39, 0.29) is 17.0 Å². The highest BCUT2D eigenvalue weighted by molar-refractivity contribution is 7.99. The normalized spacial score (nSPS) is 14.9. The van der Waals surface area contributed by atoms with E-state index < -0.39 is 0 Å². The van der Waals surface area contributed by atoms with E-state index in [1.165, 1.54) is 0 Å². The summed E-state index contributed by atoms with van der Waals surface area (Å²) in [6, 6.07) is -0.0371. The summed E-state index contributed by atoms with van der Waals surface area (Å²) in [7, 11) is 0. The van der Waals surface area contributed by atoms with E-state index in [0.29, 0.717) is 5.78 Å². The van der Waals surface area contributed by atoms with Crippen LogP contribution in [0.1, 0.15) is 48.5 Å². The third-order valence-corrected chi connectivity index (χ3v) is 3.13. The summed E-state index contributed by atoms with van der Waals surface area (Å²) in [5.41, 5.74) is -0.281. The zero-order chi connectivity index (χ0) is 13.0. The Morgan fingerprint density at radius 3 is 2.00 bits per heavy atom. The molecule has 0 amide bonds. The van der Waals surface area contributed by atoms with Crippen molar-refractivity contribution in [1.29, 1.82) is 0 Å². The highest BCUT2D eigenvalue weighted by Crippen LogP contribution is 2.20. The van der Waals surface area contributed by atoms with Crippen LogP contribution >= 0.6 is 11.8 Å². The molecule has 0 bridgehead atoms. The first kappa shape index (κ1) is 16.0. The van der Waals surface area contributed by atoms with Crippen LogP contribution in [-0.2, 0) is 4.79 Å². The molecule has 1 N–H and O–H groups in total. The first-order valence-corrected chi connectivity index (χ1v) is 7.13. The number of rotatable bonds is 5. The predicted molar refractivity (Wildman–Crippen MR) is 74.1 cm³/mol. The lowest BCUT2D eigenvalue weighted by Gasteiger charge is -2.31.